The maximum Gasteiger partial charge on any atom is 0.276 e. The molecule has 4 heteroatoms. The average molecular weight is 228 g/mol. The quantitative estimate of drug-likeness (QED) is 0.743. The van der Waals surface area contributed by atoms with Crippen LogP contribution in [0.15, 0.2) is 30.3 Å². The van der Waals surface area contributed by atoms with Crippen LogP contribution in [0, 0.1) is 0 Å². The lowest BCUT2D eigenvalue weighted by Gasteiger charge is -2.24. The van der Waals surface area contributed by atoms with Gasteiger partial charge in [-0.15, -0.1) is 0 Å². The highest BCUT2D eigenvalue weighted by atomic mass is 32.2. The molecule has 0 aliphatic heterocycles. The summed E-state index contributed by atoms with van der Waals surface area (Å²) in [5.74, 6) is 0. The third-order valence-corrected chi connectivity index (χ3v) is 4.40. The van der Waals surface area contributed by atoms with Gasteiger partial charge in [-0.25, -0.2) is 0 Å². The van der Waals surface area contributed by atoms with Crippen LogP contribution < -0.4 is 0 Å². The van der Waals surface area contributed by atoms with E-state index in [1.165, 1.54) is 0 Å². The van der Waals surface area contributed by atoms with Gasteiger partial charge >= 0.3 is 0 Å². The minimum Gasteiger partial charge on any atom is -0.270 e. The summed E-state index contributed by atoms with van der Waals surface area (Å²) >= 11 is 0. The molecule has 0 aliphatic carbocycles. The predicted molar refractivity (Wildman–Crippen MR) is 60.0 cm³/mol. The summed E-state index contributed by atoms with van der Waals surface area (Å²) in [6.07, 6.45) is 0. The third-order valence-electron chi connectivity index (χ3n) is 2.37. The molecule has 0 fully saturated rings. The molecule has 0 radical (unpaired) electrons. The lowest BCUT2D eigenvalue weighted by molar-refractivity contribution is 0.320. The van der Waals surface area contributed by atoms with E-state index >= 15 is 0 Å². The molecule has 0 unspecified atom stereocenters. The van der Waals surface area contributed by atoms with E-state index in [9.17, 15) is 8.42 Å². The fraction of sp³-hybridized carbons (Fsp3) is 0.455. The van der Waals surface area contributed by atoms with Crippen molar-refractivity contribution in [2.24, 2.45) is 0 Å². The Bertz CT molecular complexity index is 407. The lowest BCUT2D eigenvalue weighted by atomic mass is 10.0. The Labute approximate surface area is 91.2 Å². The molecular weight excluding hydrogens is 212 g/mol. The molecule has 0 N–H and O–H groups in total. The van der Waals surface area contributed by atoms with Gasteiger partial charge in [0.1, 0.15) is 4.75 Å². The van der Waals surface area contributed by atoms with Gasteiger partial charge in [-0.3, -0.25) is 4.18 Å². The van der Waals surface area contributed by atoms with Crippen molar-refractivity contribution < 1.29 is 12.6 Å². The van der Waals surface area contributed by atoms with Crippen molar-refractivity contribution in [3.63, 3.8) is 0 Å². The van der Waals surface area contributed by atoms with Gasteiger partial charge in [-0.05, 0) is 26.3 Å². The summed E-state index contributed by atoms with van der Waals surface area (Å²) in [5, 5.41) is 0. The van der Waals surface area contributed by atoms with Crippen LogP contribution in [0.3, 0.4) is 0 Å². The summed E-state index contributed by atoms with van der Waals surface area (Å²) in [5.41, 5.74) is 0.735. The Morgan fingerprint density at radius 2 is 1.73 bits per heavy atom. The predicted octanol–water partition coefficient (Wildman–Crippen LogP) is 2.29. The first kappa shape index (κ1) is 12.2. The van der Waals surface area contributed by atoms with Gasteiger partial charge in [0, 0.05) is 0 Å². The van der Waals surface area contributed by atoms with E-state index in [0.717, 1.165) is 5.56 Å². The minimum absolute atomic E-state index is 0.165. The number of rotatable bonds is 4. The zero-order valence-electron chi connectivity index (χ0n) is 9.23. The van der Waals surface area contributed by atoms with E-state index in [2.05, 4.69) is 0 Å². The molecule has 0 saturated heterocycles. The Morgan fingerprint density at radius 1 is 1.20 bits per heavy atom. The first-order valence-electron chi connectivity index (χ1n) is 4.86. The van der Waals surface area contributed by atoms with Gasteiger partial charge in [0.25, 0.3) is 10.1 Å². The molecule has 0 atom stereocenters. The summed E-state index contributed by atoms with van der Waals surface area (Å²) in [6.45, 7) is 5.12. The fourth-order valence-corrected chi connectivity index (χ4v) is 2.32. The molecule has 0 aromatic heterocycles. The second kappa shape index (κ2) is 4.33. The van der Waals surface area contributed by atoms with Crippen LogP contribution in [0.2, 0.25) is 0 Å². The molecule has 0 amide bonds. The van der Waals surface area contributed by atoms with E-state index < -0.39 is 14.9 Å². The van der Waals surface area contributed by atoms with Crippen LogP contribution in [0.4, 0.5) is 0 Å². The van der Waals surface area contributed by atoms with Gasteiger partial charge in [-0.2, -0.15) is 8.42 Å². The molecule has 1 aromatic carbocycles. The van der Waals surface area contributed by atoms with Gasteiger partial charge in [0.05, 0.1) is 6.61 Å². The molecule has 3 nitrogen and oxygen atoms in total. The van der Waals surface area contributed by atoms with E-state index in [1.807, 2.05) is 18.2 Å². The Morgan fingerprint density at radius 3 is 2.20 bits per heavy atom. The Kier molecular flexibility index (Phi) is 3.52. The topological polar surface area (TPSA) is 43.4 Å². The SMILES string of the molecule is CCOS(=O)(=O)C(C)(C)c1ccccc1. The van der Waals surface area contributed by atoms with Gasteiger partial charge in [-0.1, -0.05) is 30.3 Å². The smallest absolute Gasteiger partial charge is 0.270 e. The molecule has 0 spiro atoms. The number of benzene rings is 1. The van der Waals surface area contributed by atoms with Crippen molar-refractivity contribution in [1.82, 2.24) is 0 Å². The summed E-state index contributed by atoms with van der Waals surface area (Å²) in [4.78, 5) is 0. The zero-order valence-corrected chi connectivity index (χ0v) is 10.0. The molecule has 1 rings (SSSR count). The molecule has 0 aliphatic rings. The summed E-state index contributed by atoms with van der Waals surface area (Å²) in [7, 11) is -3.56. The second-order valence-corrected chi connectivity index (χ2v) is 5.90. The van der Waals surface area contributed by atoms with Crippen LogP contribution in [-0.4, -0.2) is 15.0 Å². The first-order valence-corrected chi connectivity index (χ1v) is 6.27. The van der Waals surface area contributed by atoms with Crippen molar-refractivity contribution in [3.05, 3.63) is 35.9 Å². The van der Waals surface area contributed by atoms with Crippen molar-refractivity contribution in [3.8, 4) is 0 Å². The first-order chi connectivity index (χ1) is 6.92. The van der Waals surface area contributed by atoms with Gasteiger partial charge in [0.15, 0.2) is 0 Å². The maximum atomic E-state index is 11.8. The van der Waals surface area contributed by atoms with E-state index in [-0.39, 0.29) is 6.61 Å². The number of hydrogen-bond acceptors (Lipinski definition) is 3. The molecule has 84 valence electrons. The fourth-order valence-electron chi connectivity index (χ4n) is 1.29. The molecular formula is C11H16O3S. The van der Waals surface area contributed by atoms with Crippen molar-refractivity contribution in [2.45, 2.75) is 25.5 Å². The monoisotopic (exact) mass is 228 g/mol. The second-order valence-electron chi connectivity index (χ2n) is 3.74. The largest absolute Gasteiger partial charge is 0.276 e. The standard InChI is InChI=1S/C11H16O3S/c1-4-14-15(12,13)11(2,3)10-8-6-5-7-9-10/h5-9H,4H2,1-3H3. The molecule has 0 bridgehead atoms. The van der Waals surface area contributed by atoms with Crippen molar-refractivity contribution in [1.29, 1.82) is 0 Å². The van der Waals surface area contributed by atoms with E-state index in [4.69, 9.17) is 4.18 Å². The highest BCUT2D eigenvalue weighted by Gasteiger charge is 2.36. The van der Waals surface area contributed by atoms with Crippen LogP contribution in [0.25, 0.3) is 0 Å². The van der Waals surface area contributed by atoms with Crippen molar-refractivity contribution >= 4 is 10.1 Å². The van der Waals surface area contributed by atoms with E-state index in [0.29, 0.717) is 0 Å². The lowest BCUT2D eigenvalue weighted by Crippen LogP contribution is -2.30. The Hall–Kier alpha value is -0.870. The Balaban J connectivity index is 3.14. The van der Waals surface area contributed by atoms with Gasteiger partial charge < -0.3 is 0 Å². The summed E-state index contributed by atoms with van der Waals surface area (Å²) < 4.78 is 27.5. The molecule has 0 saturated carbocycles. The third kappa shape index (κ3) is 2.38. The van der Waals surface area contributed by atoms with Gasteiger partial charge in [0.2, 0.25) is 0 Å². The van der Waals surface area contributed by atoms with Crippen LogP contribution >= 0.6 is 0 Å². The number of hydrogen-bond donors (Lipinski definition) is 0. The minimum atomic E-state index is -3.56. The average Bonchev–Trinajstić information content (AvgIpc) is 2.19. The summed E-state index contributed by atoms with van der Waals surface area (Å²) in [6, 6.07) is 9.07. The highest BCUT2D eigenvalue weighted by molar-refractivity contribution is 7.87. The van der Waals surface area contributed by atoms with Crippen molar-refractivity contribution in [2.75, 3.05) is 6.61 Å². The zero-order chi connectivity index (χ0) is 11.5. The maximum absolute atomic E-state index is 11.8. The van der Waals surface area contributed by atoms with Crippen LogP contribution in [0.1, 0.15) is 26.3 Å². The molecule has 1 aromatic rings. The molecule has 15 heavy (non-hydrogen) atoms. The molecule has 0 heterocycles. The highest BCUT2D eigenvalue weighted by Crippen LogP contribution is 2.30. The van der Waals surface area contributed by atoms with E-state index in [1.54, 1.807) is 32.9 Å². The normalized spacial score (nSPS) is 12.7. The van der Waals surface area contributed by atoms with Crippen LogP contribution in [0.5, 0.6) is 0 Å². The van der Waals surface area contributed by atoms with Crippen LogP contribution in [-0.2, 0) is 19.0 Å².